The van der Waals surface area contributed by atoms with E-state index >= 15 is 0 Å². The van der Waals surface area contributed by atoms with Gasteiger partial charge in [0, 0.05) is 63.8 Å². The van der Waals surface area contributed by atoms with Crippen LogP contribution in [0.2, 0.25) is 5.02 Å². The van der Waals surface area contributed by atoms with E-state index in [2.05, 4.69) is 25.5 Å². The van der Waals surface area contributed by atoms with E-state index in [1.807, 2.05) is 25.1 Å². The molecule has 0 bridgehead atoms. The maximum Gasteiger partial charge on any atom is 0.251 e. The summed E-state index contributed by atoms with van der Waals surface area (Å²) in [7, 11) is -3.40. The average Bonchev–Trinajstić information content (AvgIpc) is 3.15. The highest BCUT2D eigenvalue weighted by molar-refractivity contribution is 7.94. The van der Waals surface area contributed by atoms with Gasteiger partial charge in [-0.05, 0) is 66.1 Å². The highest BCUT2D eigenvalue weighted by Gasteiger charge is 2.19. The molecule has 37 heavy (non-hydrogen) atoms. The number of hydrogen-bond donors (Lipinski definition) is 2. The number of benzene rings is 1. The summed E-state index contributed by atoms with van der Waals surface area (Å²) in [6.07, 6.45) is 8.82. The van der Waals surface area contributed by atoms with Gasteiger partial charge in [-0.3, -0.25) is 19.9 Å². The van der Waals surface area contributed by atoms with Gasteiger partial charge in [0.05, 0.1) is 17.8 Å². The van der Waals surface area contributed by atoms with Gasteiger partial charge in [-0.2, -0.15) is 5.10 Å². The second kappa shape index (κ2) is 9.91. The van der Waals surface area contributed by atoms with E-state index in [1.165, 1.54) is 6.26 Å². The van der Waals surface area contributed by atoms with Crippen LogP contribution in [-0.4, -0.2) is 40.7 Å². The van der Waals surface area contributed by atoms with E-state index in [-0.39, 0.29) is 18.9 Å². The molecule has 0 spiro atoms. The molecule has 0 unspecified atom stereocenters. The Morgan fingerprint density at radius 2 is 1.97 bits per heavy atom. The molecule has 1 aliphatic rings. The van der Waals surface area contributed by atoms with Gasteiger partial charge in [-0.15, -0.1) is 0 Å². The van der Waals surface area contributed by atoms with Crippen molar-refractivity contribution in [3.05, 3.63) is 104 Å². The minimum atomic E-state index is -3.40. The molecule has 0 saturated heterocycles. The van der Waals surface area contributed by atoms with Crippen molar-refractivity contribution in [1.82, 2.24) is 25.5 Å². The number of carbonyl (C=O) groups excluding carboxylic acids is 1. The molecule has 1 amide bonds. The second-order valence-corrected chi connectivity index (χ2v) is 11.6. The molecule has 1 aromatic carbocycles. The maximum atomic E-state index is 12.9. The molecular weight excluding hydrogens is 510 g/mol. The van der Waals surface area contributed by atoms with Crippen molar-refractivity contribution < 1.29 is 13.2 Å². The topological polar surface area (TPSA) is 118 Å². The lowest BCUT2D eigenvalue weighted by Gasteiger charge is -2.07. The highest BCUT2D eigenvalue weighted by Crippen LogP contribution is 2.27. The van der Waals surface area contributed by atoms with Gasteiger partial charge in [0.15, 0.2) is 9.84 Å². The zero-order valence-corrected chi connectivity index (χ0v) is 21.8. The molecule has 188 valence electrons. The normalized spacial score (nSPS) is 13.5. The molecule has 4 aromatic rings. The Morgan fingerprint density at radius 3 is 2.78 bits per heavy atom. The average molecular weight is 534 g/mol. The van der Waals surface area contributed by atoms with Crippen LogP contribution >= 0.6 is 11.6 Å². The Balaban J connectivity index is 1.37. The number of allylic oxidation sites excluding steroid dienone is 3. The Hall–Kier alpha value is -3.82. The first-order valence-electron chi connectivity index (χ1n) is 11.6. The quantitative estimate of drug-likeness (QED) is 0.380. The van der Waals surface area contributed by atoms with E-state index in [1.54, 1.807) is 42.7 Å². The molecule has 3 aromatic heterocycles. The number of aromatic nitrogens is 4. The van der Waals surface area contributed by atoms with Crippen molar-refractivity contribution in [2.45, 2.75) is 26.3 Å². The number of carbonyl (C=O) groups is 1. The number of rotatable bonds is 6. The van der Waals surface area contributed by atoms with E-state index in [4.69, 9.17) is 11.6 Å². The number of aromatic amines is 1. The number of hydrogen-bond acceptors (Lipinski definition) is 6. The van der Waals surface area contributed by atoms with Gasteiger partial charge in [0.1, 0.15) is 0 Å². The fraction of sp³-hybridized carbons (Fsp3) is 0.185. The molecule has 0 aliphatic heterocycles. The number of nitrogens with one attached hydrogen (secondary N) is 2. The van der Waals surface area contributed by atoms with E-state index < -0.39 is 9.84 Å². The number of amides is 1. The Kier molecular flexibility index (Phi) is 6.66. The lowest BCUT2D eigenvalue weighted by Crippen LogP contribution is -2.23. The fourth-order valence-corrected chi connectivity index (χ4v) is 5.24. The largest absolute Gasteiger partial charge is 0.346 e. The number of fused-ring (bicyclic) bond motifs is 2. The SMILES string of the molecule is Cc1cc2c(cn1)CC(S(C)(=O)=O)=CC(Cc1cc(C(=O)NCc3n[nH]c4ccc(Cl)cc34)ccn1)=C2. The van der Waals surface area contributed by atoms with Crippen molar-refractivity contribution >= 4 is 44.3 Å². The molecule has 0 saturated carbocycles. The number of pyridine rings is 2. The third kappa shape index (κ3) is 5.63. The summed E-state index contributed by atoms with van der Waals surface area (Å²) in [6.45, 7) is 2.13. The van der Waals surface area contributed by atoms with Crippen molar-refractivity contribution in [1.29, 1.82) is 0 Å². The highest BCUT2D eigenvalue weighted by atomic mass is 35.5. The van der Waals surface area contributed by atoms with Crippen LogP contribution in [0.15, 0.2) is 65.3 Å². The number of halogens is 1. The summed E-state index contributed by atoms with van der Waals surface area (Å²) < 4.78 is 24.9. The van der Waals surface area contributed by atoms with Crippen molar-refractivity contribution in [3.63, 3.8) is 0 Å². The first kappa shape index (κ1) is 24.9. The second-order valence-electron chi connectivity index (χ2n) is 9.06. The molecule has 0 atom stereocenters. The predicted molar refractivity (Wildman–Crippen MR) is 144 cm³/mol. The number of H-pyrrole nitrogens is 1. The molecule has 3 heterocycles. The Bertz CT molecular complexity index is 1710. The third-order valence-electron chi connectivity index (χ3n) is 6.17. The Labute approximate surface area is 219 Å². The van der Waals surface area contributed by atoms with Gasteiger partial charge < -0.3 is 5.32 Å². The molecule has 0 fully saturated rings. The molecule has 0 radical (unpaired) electrons. The minimum Gasteiger partial charge on any atom is -0.346 e. The summed E-state index contributed by atoms with van der Waals surface area (Å²) in [5.74, 6) is -0.268. The molecule has 5 rings (SSSR count). The van der Waals surface area contributed by atoms with Crippen molar-refractivity contribution in [2.24, 2.45) is 0 Å². The first-order valence-corrected chi connectivity index (χ1v) is 13.8. The molecule has 10 heteroatoms. The Morgan fingerprint density at radius 1 is 1.14 bits per heavy atom. The van der Waals surface area contributed by atoms with Crippen LogP contribution in [0.3, 0.4) is 0 Å². The summed E-state index contributed by atoms with van der Waals surface area (Å²) >= 11 is 6.10. The number of aryl methyl sites for hydroxylation is 1. The van der Waals surface area contributed by atoms with Crippen LogP contribution in [0.1, 0.15) is 38.6 Å². The predicted octanol–water partition coefficient (Wildman–Crippen LogP) is 4.36. The van der Waals surface area contributed by atoms with Gasteiger partial charge in [-0.1, -0.05) is 17.7 Å². The van der Waals surface area contributed by atoms with Crippen molar-refractivity contribution in [3.8, 4) is 0 Å². The minimum absolute atomic E-state index is 0.229. The zero-order chi connectivity index (χ0) is 26.2. The molecule has 2 N–H and O–H groups in total. The lowest BCUT2D eigenvalue weighted by molar-refractivity contribution is 0.0950. The van der Waals surface area contributed by atoms with E-state index in [0.717, 1.165) is 33.3 Å². The van der Waals surface area contributed by atoms with Crippen LogP contribution in [0, 0.1) is 6.92 Å². The number of sulfone groups is 1. The van der Waals surface area contributed by atoms with Gasteiger partial charge in [-0.25, -0.2) is 8.42 Å². The van der Waals surface area contributed by atoms with Crippen LogP contribution < -0.4 is 5.32 Å². The van der Waals surface area contributed by atoms with Crippen molar-refractivity contribution in [2.75, 3.05) is 6.26 Å². The lowest BCUT2D eigenvalue weighted by atomic mass is 10.0. The van der Waals surface area contributed by atoms with Gasteiger partial charge in [0.25, 0.3) is 5.91 Å². The fourth-order valence-electron chi connectivity index (χ4n) is 4.29. The summed E-state index contributed by atoms with van der Waals surface area (Å²) in [6, 6.07) is 10.7. The van der Waals surface area contributed by atoms with E-state index in [0.29, 0.717) is 33.3 Å². The summed E-state index contributed by atoms with van der Waals surface area (Å²) in [4.78, 5) is 22.0. The van der Waals surface area contributed by atoms with Gasteiger partial charge in [0.2, 0.25) is 0 Å². The van der Waals surface area contributed by atoms with E-state index in [9.17, 15) is 13.2 Å². The van der Waals surface area contributed by atoms with Gasteiger partial charge >= 0.3 is 0 Å². The van der Waals surface area contributed by atoms with Crippen LogP contribution in [0.4, 0.5) is 0 Å². The first-order chi connectivity index (χ1) is 17.7. The zero-order valence-electron chi connectivity index (χ0n) is 20.2. The maximum absolute atomic E-state index is 12.9. The molecule has 8 nitrogen and oxygen atoms in total. The van der Waals surface area contributed by atoms with Crippen LogP contribution in [0.5, 0.6) is 0 Å². The summed E-state index contributed by atoms with van der Waals surface area (Å²) in [5.41, 5.74) is 6.04. The molecular formula is C27H24ClN5O3S. The van der Waals surface area contributed by atoms with Crippen LogP contribution in [-0.2, 0) is 29.2 Å². The smallest absolute Gasteiger partial charge is 0.251 e. The third-order valence-corrected chi connectivity index (χ3v) is 7.62. The molecule has 1 aliphatic carbocycles. The number of nitrogens with zero attached hydrogens (tertiary/aromatic N) is 3. The summed E-state index contributed by atoms with van der Waals surface area (Å²) in [5, 5.41) is 11.6. The van der Waals surface area contributed by atoms with Crippen LogP contribution in [0.25, 0.3) is 17.0 Å². The monoisotopic (exact) mass is 533 g/mol. The standard InChI is InChI=1S/C27H24ClN5O3S/c1-16-7-19-8-17(10-23(37(2,35)36)12-20(19)14-30-16)9-22-11-18(5-6-29-22)27(34)31-15-26-24-13-21(28)3-4-25(24)32-33-26/h3-8,10-11,13-14H,9,12,15H2,1-2H3,(H,31,34)(H,32,33).